The van der Waals surface area contributed by atoms with Crippen molar-refractivity contribution in [1.82, 2.24) is 5.43 Å². The summed E-state index contributed by atoms with van der Waals surface area (Å²) in [4.78, 5) is 35.7. The Morgan fingerprint density at radius 3 is 2.17 bits per heavy atom. The van der Waals surface area contributed by atoms with Gasteiger partial charge in [0.2, 0.25) is 0 Å². The van der Waals surface area contributed by atoms with Crippen LogP contribution < -0.4 is 15.5 Å². The predicted molar refractivity (Wildman–Crippen MR) is 113 cm³/mol. The number of aryl methyl sites for hydroxylation is 1. The van der Waals surface area contributed by atoms with Crippen molar-refractivity contribution >= 4 is 29.7 Å². The lowest BCUT2D eigenvalue weighted by molar-refractivity contribution is -0.136. The number of benzene rings is 3. The Balaban J connectivity index is 1.49. The molecule has 0 fully saturated rings. The van der Waals surface area contributed by atoms with Gasteiger partial charge in [-0.1, -0.05) is 35.9 Å². The number of nitrogens with zero attached hydrogens (tertiary/aromatic N) is 1. The molecular formula is C23H19N3O4. The molecule has 0 atom stereocenters. The number of amides is 2. The minimum atomic E-state index is -0.889. The van der Waals surface area contributed by atoms with Crippen LogP contribution >= 0.6 is 0 Å². The number of hydrazone groups is 1. The average Bonchev–Trinajstić information content (AvgIpc) is 2.77. The van der Waals surface area contributed by atoms with Crippen LogP contribution in [0.25, 0.3) is 0 Å². The molecule has 0 aromatic heterocycles. The van der Waals surface area contributed by atoms with Crippen LogP contribution in [0.4, 0.5) is 5.69 Å². The van der Waals surface area contributed by atoms with Crippen LogP contribution in [0, 0.1) is 6.92 Å². The van der Waals surface area contributed by atoms with Gasteiger partial charge in [-0.2, -0.15) is 5.10 Å². The second-order valence-electron chi connectivity index (χ2n) is 6.34. The molecule has 0 bridgehead atoms. The Bertz CT molecular complexity index is 1060. The lowest BCUT2D eigenvalue weighted by Crippen LogP contribution is -2.32. The first-order valence-electron chi connectivity index (χ1n) is 9.09. The maximum absolute atomic E-state index is 12.0. The van der Waals surface area contributed by atoms with Gasteiger partial charge in [0.15, 0.2) is 0 Å². The molecule has 7 nitrogen and oxygen atoms in total. The van der Waals surface area contributed by atoms with E-state index in [0.29, 0.717) is 22.6 Å². The van der Waals surface area contributed by atoms with E-state index in [1.165, 1.54) is 6.21 Å². The number of ether oxygens (including phenoxy) is 1. The fourth-order valence-corrected chi connectivity index (χ4v) is 2.40. The Kier molecular flexibility index (Phi) is 6.68. The summed E-state index contributed by atoms with van der Waals surface area (Å²) in [5.74, 6) is -1.79. The minimum absolute atomic E-state index is 0.377. The molecule has 0 radical (unpaired) electrons. The van der Waals surface area contributed by atoms with Crippen molar-refractivity contribution in [1.29, 1.82) is 0 Å². The monoisotopic (exact) mass is 401 g/mol. The smallest absolute Gasteiger partial charge is 0.343 e. The normalized spacial score (nSPS) is 10.4. The van der Waals surface area contributed by atoms with Gasteiger partial charge in [0.05, 0.1) is 11.8 Å². The zero-order valence-electron chi connectivity index (χ0n) is 16.2. The highest BCUT2D eigenvalue weighted by molar-refractivity contribution is 6.39. The highest BCUT2D eigenvalue weighted by Gasteiger charge is 2.12. The van der Waals surface area contributed by atoms with E-state index < -0.39 is 17.8 Å². The van der Waals surface area contributed by atoms with Crippen LogP contribution in [-0.2, 0) is 9.59 Å². The molecule has 0 unspecified atom stereocenters. The van der Waals surface area contributed by atoms with Crippen LogP contribution in [0.3, 0.4) is 0 Å². The first-order valence-corrected chi connectivity index (χ1v) is 9.09. The molecule has 2 amide bonds. The zero-order valence-corrected chi connectivity index (χ0v) is 16.2. The average molecular weight is 401 g/mol. The Hall–Kier alpha value is -4.26. The fourth-order valence-electron chi connectivity index (χ4n) is 2.40. The van der Waals surface area contributed by atoms with Crippen LogP contribution in [0.5, 0.6) is 5.75 Å². The van der Waals surface area contributed by atoms with E-state index in [1.807, 2.05) is 25.1 Å². The molecule has 0 saturated carbocycles. The number of hydrogen-bond acceptors (Lipinski definition) is 5. The minimum Gasteiger partial charge on any atom is -0.423 e. The van der Waals surface area contributed by atoms with Gasteiger partial charge in [-0.15, -0.1) is 0 Å². The predicted octanol–water partition coefficient (Wildman–Crippen LogP) is 3.30. The van der Waals surface area contributed by atoms with Gasteiger partial charge in [0.25, 0.3) is 0 Å². The van der Waals surface area contributed by atoms with Crippen molar-refractivity contribution in [2.75, 3.05) is 5.32 Å². The van der Waals surface area contributed by atoms with Gasteiger partial charge in [0, 0.05) is 5.69 Å². The molecule has 2 N–H and O–H groups in total. The third kappa shape index (κ3) is 5.87. The summed E-state index contributed by atoms with van der Waals surface area (Å²) in [7, 11) is 0. The van der Waals surface area contributed by atoms with E-state index in [-0.39, 0.29) is 0 Å². The van der Waals surface area contributed by atoms with Gasteiger partial charge in [-0.05, 0) is 61.0 Å². The van der Waals surface area contributed by atoms with E-state index in [2.05, 4.69) is 15.8 Å². The van der Waals surface area contributed by atoms with E-state index >= 15 is 0 Å². The molecule has 3 rings (SSSR count). The molecule has 0 spiro atoms. The van der Waals surface area contributed by atoms with E-state index in [9.17, 15) is 14.4 Å². The number of esters is 1. The van der Waals surface area contributed by atoms with Gasteiger partial charge >= 0.3 is 17.8 Å². The highest BCUT2D eigenvalue weighted by atomic mass is 16.5. The topological polar surface area (TPSA) is 96.9 Å². The number of carbonyl (C=O) groups excluding carboxylic acids is 3. The van der Waals surface area contributed by atoms with Crippen molar-refractivity contribution < 1.29 is 19.1 Å². The zero-order chi connectivity index (χ0) is 21.3. The maximum atomic E-state index is 12.0. The van der Waals surface area contributed by atoms with Crippen molar-refractivity contribution in [3.8, 4) is 5.75 Å². The standard InChI is InChI=1S/C23H19N3O4/c1-16-7-11-19(12-8-16)25-21(27)22(28)26-24-15-17-9-13-20(14-10-17)30-23(29)18-5-3-2-4-6-18/h2-15H,1H3,(H,25,27)(H,26,28). The van der Waals surface area contributed by atoms with E-state index in [1.54, 1.807) is 60.7 Å². The summed E-state index contributed by atoms with van der Waals surface area (Å²) < 4.78 is 5.29. The second kappa shape index (κ2) is 9.79. The summed E-state index contributed by atoms with van der Waals surface area (Å²) in [6.07, 6.45) is 1.37. The molecule has 0 saturated heterocycles. The molecule has 0 aliphatic carbocycles. The van der Waals surface area contributed by atoms with Crippen molar-refractivity contribution in [3.63, 3.8) is 0 Å². The summed E-state index contributed by atoms with van der Waals surface area (Å²) in [5, 5.41) is 6.25. The first kappa shape index (κ1) is 20.5. The number of carbonyl (C=O) groups is 3. The number of hydrogen-bond donors (Lipinski definition) is 2. The third-order valence-corrected chi connectivity index (χ3v) is 4.00. The summed E-state index contributed by atoms with van der Waals surface area (Å²) >= 11 is 0. The molecule has 3 aromatic rings. The number of nitrogens with one attached hydrogen (secondary N) is 2. The SMILES string of the molecule is Cc1ccc(NC(=O)C(=O)NN=Cc2ccc(OC(=O)c3ccccc3)cc2)cc1. The van der Waals surface area contributed by atoms with Crippen LogP contribution in [0.15, 0.2) is 84.0 Å². The molecule has 3 aromatic carbocycles. The lowest BCUT2D eigenvalue weighted by atomic mass is 10.2. The van der Waals surface area contributed by atoms with Crippen LogP contribution in [-0.4, -0.2) is 24.0 Å². The number of anilines is 1. The van der Waals surface area contributed by atoms with Crippen LogP contribution in [0.2, 0.25) is 0 Å². The molecule has 0 aliphatic rings. The maximum Gasteiger partial charge on any atom is 0.343 e. The molecule has 0 heterocycles. The number of rotatable bonds is 5. The quantitative estimate of drug-likeness (QED) is 0.225. The Morgan fingerprint density at radius 2 is 1.50 bits per heavy atom. The summed E-state index contributed by atoms with van der Waals surface area (Å²) in [5.41, 5.74) is 4.83. The van der Waals surface area contributed by atoms with Crippen LogP contribution in [0.1, 0.15) is 21.5 Å². The second-order valence-corrected chi connectivity index (χ2v) is 6.34. The molecular weight excluding hydrogens is 382 g/mol. The molecule has 0 aliphatic heterocycles. The molecule has 7 heteroatoms. The van der Waals surface area contributed by atoms with Crippen molar-refractivity contribution in [3.05, 3.63) is 95.6 Å². The molecule has 150 valence electrons. The first-order chi connectivity index (χ1) is 14.5. The Labute approximate surface area is 173 Å². The third-order valence-electron chi connectivity index (χ3n) is 4.00. The van der Waals surface area contributed by atoms with E-state index in [4.69, 9.17) is 4.74 Å². The molecule has 30 heavy (non-hydrogen) atoms. The lowest BCUT2D eigenvalue weighted by Gasteiger charge is -2.05. The highest BCUT2D eigenvalue weighted by Crippen LogP contribution is 2.13. The van der Waals surface area contributed by atoms with Gasteiger partial charge in [0.1, 0.15) is 5.75 Å². The Morgan fingerprint density at radius 1 is 0.833 bits per heavy atom. The summed E-state index contributed by atoms with van der Waals surface area (Å²) in [6.45, 7) is 1.92. The summed E-state index contributed by atoms with van der Waals surface area (Å²) in [6, 6.07) is 22.3. The van der Waals surface area contributed by atoms with Gasteiger partial charge in [-0.3, -0.25) is 9.59 Å². The van der Waals surface area contributed by atoms with Crippen molar-refractivity contribution in [2.24, 2.45) is 5.10 Å². The fraction of sp³-hybridized carbons (Fsp3) is 0.0435. The van der Waals surface area contributed by atoms with Gasteiger partial charge in [-0.25, -0.2) is 10.2 Å². The van der Waals surface area contributed by atoms with Crippen molar-refractivity contribution in [2.45, 2.75) is 6.92 Å². The van der Waals surface area contributed by atoms with E-state index in [0.717, 1.165) is 5.56 Å². The largest absolute Gasteiger partial charge is 0.423 e. The van der Waals surface area contributed by atoms with Gasteiger partial charge < -0.3 is 10.1 Å².